The van der Waals surface area contributed by atoms with Crippen molar-refractivity contribution in [3.05, 3.63) is 65.2 Å². The Hall–Kier alpha value is -3.03. The normalized spacial score (nSPS) is 13.1. The third kappa shape index (κ3) is 4.21. The molecule has 3 aromatic rings. The number of fused-ring (bicyclic) bond motifs is 1. The first-order valence-electron chi connectivity index (χ1n) is 9.40. The Bertz CT molecular complexity index is 1030. The van der Waals surface area contributed by atoms with Gasteiger partial charge in [0.15, 0.2) is 0 Å². The van der Waals surface area contributed by atoms with Gasteiger partial charge in [-0.1, -0.05) is 36.4 Å². The SMILES string of the molecule is COCC(=O)N1CCCc2ccc(NC(=O)c3csc(-c4ccccc4)n3)cc21. The van der Waals surface area contributed by atoms with Gasteiger partial charge in [0.25, 0.3) is 11.8 Å². The van der Waals surface area contributed by atoms with E-state index >= 15 is 0 Å². The molecule has 148 valence electrons. The molecule has 0 unspecified atom stereocenters. The maximum atomic E-state index is 12.7. The first kappa shape index (κ1) is 19.3. The summed E-state index contributed by atoms with van der Waals surface area (Å²) in [5.41, 5.74) is 3.93. The number of aryl methyl sites for hydroxylation is 1. The highest BCUT2D eigenvalue weighted by molar-refractivity contribution is 7.13. The van der Waals surface area contributed by atoms with Crippen molar-refractivity contribution < 1.29 is 14.3 Å². The molecule has 0 aliphatic carbocycles. The minimum Gasteiger partial charge on any atom is -0.375 e. The average molecular weight is 407 g/mol. The molecule has 29 heavy (non-hydrogen) atoms. The summed E-state index contributed by atoms with van der Waals surface area (Å²) in [6.45, 7) is 0.691. The molecule has 1 aliphatic rings. The Morgan fingerprint density at radius 3 is 2.83 bits per heavy atom. The third-order valence-corrected chi connectivity index (χ3v) is 5.68. The lowest BCUT2D eigenvalue weighted by Gasteiger charge is -2.29. The zero-order valence-electron chi connectivity index (χ0n) is 16.1. The molecule has 2 amide bonds. The van der Waals surface area contributed by atoms with Crippen molar-refractivity contribution in [1.82, 2.24) is 4.98 Å². The summed E-state index contributed by atoms with van der Waals surface area (Å²) in [6, 6.07) is 15.5. The Morgan fingerprint density at radius 2 is 2.03 bits per heavy atom. The Labute approximate surface area is 173 Å². The number of benzene rings is 2. The minimum atomic E-state index is -0.269. The number of thiazole rings is 1. The number of nitrogens with one attached hydrogen (secondary N) is 1. The van der Waals surface area contributed by atoms with Crippen molar-refractivity contribution in [3.63, 3.8) is 0 Å². The number of amides is 2. The molecule has 2 heterocycles. The van der Waals surface area contributed by atoms with Gasteiger partial charge >= 0.3 is 0 Å². The summed E-state index contributed by atoms with van der Waals surface area (Å²) in [7, 11) is 1.51. The summed E-state index contributed by atoms with van der Waals surface area (Å²) < 4.78 is 5.00. The highest BCUT2D eigenvalue weighted by Gasteiger charge is 2.23. The first-order valence-corrected chi connectivity index (χ1v) is 10.3. The van der Waals surface area contributed by atoms with Crippen molar-refractivity contribution in [2.24, 2.45) is 0 Å². The van der Waals surface area contributed by atoms with Gasteiger partial charge in [0.1, 0.15) is 17.3 Å². The molecule has 0 fully saturated rings. The number of rotatable bonds is 5. The Balaban J connectivity index is 1.53. The average Bonchev–Trinajstić information content (AvgIpc) is 3.24. The number of aromatic nitrogens is 1. The summed E-state index contributed by atoms with van der Waals surface area (Å²) in [5.74, 6) is -0.349. The predicted octanol–water partition coefficient (Wildman–Crippen LogP) is 3.99. The smallest absolute Gasteiger partial charge is 0.275 e. The van der Waals surface area contributed by atoms with E-state index in [0.29, 0.717) is 17.9 Å². The van der Waals surface area contributed by atoms with Crippen LogP contribution in [-0.4, -0.2) is 37.1 Å². The second-order valence-corrected chi connectivity index (χ2v) is 7.64. The van der Waals surface area contributed by atoms with Gasteiger partial charge in [-0.3, -0.25) is 9.59 Å². The van der Waals surface area contributed by atoms with Crippen molar-refractivity contribution in [3.8, 4) is 10.6 Å². The maximum Gasteiger partial charge on any atom is 0.275 e. The molecule has 0 spiro atoms. The van der Waals surface area contributed by atoms with Crippen molar-refractivity contribution in [2.75, 3.05) is 30.5 Å². The zero-order valence-corrected chi connectivity index (χ0v) is 16.9. The van der Waals surface area contributed by atoms with Crippen LogP contribution in [-0.2, 0) is 16.0 Å². The summed E-state index contributed by atoms with van der Waals surface area (Å²) in [6.07, 6.45) is 1.82. The molecule has 1 aromatic heterocycles. The van der Waals surface area contributed by atoms with Crippen LogP contribution in [0.3, 0.4) is 0 Å². The summed E-state index contributed by atoms with van der Waals surface area (Å²) in [5, 5.41) is 5.46. The fourth-order valence-corrected chi connectivity index (χ4v) is 4.21. The van der Waals surface area contributed by atoms with Crippen molar-refractivity contribution >= 4 is 34.5 Å². The van der Waals surface area contributed by atoms with Gasteiger partial charge in [-0.25, -0.2) is 4.98 Å². The number of hydrogen-bond acceptors (Lipinski definition) is 5. The molecular weight excluding hydrogens is 386 g/mol. The first-order chi connectivity index (χ1) is 14.2. The van der Waals surface area contributed by atoms with E-state index in [1.165, 1.54) is 18.4 Å². The van der Waals surface area contributed by atoms with Gasteiger partial charge in [-0.2, -0.15) is 0 Å². The van der Waals surface area contributed by atoms with Crippen molar-refractivity contribution in [1.29, 1.82) is 0 Å². The molecule has 0 radical (unpaired) electrons. The van der Waals surface area contributed by atoms with E-state index in [9.17, 15) is 9.59 Å². The van der Waals surface area contributed by atoms with Crippen molar-refractivity contribution in [2.45, 2.75) is 12.8 Å². The van der Waals surface area contributed by atoms with Gasteiger partial charge in [0, 0.05) is 36.0 Å². The molecule has 0 bridgehead atoms. The molecule has 0 saturated carbocycles. The number of carbonyl (C=O) groups is 2. The molecule has 0 atom stereocenters. The van der Waals surface area contributed by atoms with Crippen LogP contribution < -0.4 is 10.2 Å². The second-order valence-electron chi connectivity index (χ2n) is 6.78. The van der Waals surface area contributed by atoms with E-state index in [2.05, 4.69) is 10.3 Å². The quantitative estimate of drug-likeness (QED) is 0.694. The van der Waals surface area contributed by atoms with Gasteiger partial charge in [0.05, 0.1) is 0 Å². The van der Waals surface area contributed by atoms with E-state index in [-0.39, 0.29) is 18.4 Å². The van der Waals surface area contributed by atoms with E-state index in [1.54, 1.807) is 10.3 Å². The van der Waals surface area contributed by atoms with Crippen LogP contribution in [0.5, 0.6) is 0 Å². The molecule has 7 heteroatoms. The molecular formula is C22H21N3O3S. The predicted molar refractivity (Wildman–Crippen MR) is 114 cm³/mol. The van der Waals surface area contributed by atoms with Crippen LogP contribution in [0.1, 0.15) is 22.5 Å². The Kier molecular flexibility index (Phi) is 5.69. The van der Waals surface area contributed by atoms with Gasteiger partial charge in [-0.05, 0) is 30.5 Å². The fourth-order valence-electron chi connectivity index (χ4n) is 3.40. The summed E-state index contributed by atoms with van der Waals surface area (Å²) >= 11 is 1.44. The van der Waals surface area contributed by atoms with E-state index in [0.717, 1.165) is 34.7 Å². The largest absolute Gasteiger partial charge is 0.375 e. The van der Waals surface area contributed by atoms with Gasteiger partial charge in [0.2, 0.25) is 0 Å². The van der Waals surface area contributed by atoms with Gasteiger partial charge < -0.3 is 15.0 Å². The molecule has 4 rings (SSSR count). The maximum absolute atomic E-state index is 12.7. The topological polar surface area (TPSA) is 71.5 Å². The van der Waals surface area contributed by atoms with Crippen LogP contribution >= 0.6 is 11.3 Å². The number of anilines is 2. The van der Waals surface area contributed by atoms with E-state index in [4.69, 9.17) is 4.74 Å². The van der Waals surface area contributed by atoms with E-state index < -0.39 is 0 Å². The third-order valence-electron chi connectivity index (χ3n) is 4.79. The molecule has 0 saturated heterocycles. The molecule has 1 N–H and O–H groups in total. The summed E-state index contributed by atoms with van der Waals surface area (Å²) in [4.78, 5) is 31.2. The van der Waals surface area contributed by atoms with Crippen LogP contribution in [0.4, 0.5) is 11.4 Å². The number of nitrogens with zero attached hydrogens (tertiary/aromatic N) is 2. The van der Waals surface area contributed by atoms with E-state index in [1.807, 2.05) is 48.5 Å². The fraction of sp³-hybridized carbons (Fsp3) is 0.227. The van der Waals surface area contributed by atoms with Crippen LogP contribution in [0.25, 0.3) is 10.6 Å². The zero-order chi connectivity index (χ0) is 20.2. The monoisotopic (exact) mass is 407 g/mol. The second kappa shape index (κ2) is 8.55. The lowest BCUT2D eigenvalue weighted by Crippen LogP contribution is -2.37. The number of carbonyl (C=O) groups excluding carboxylic acids is 2. The number of methoxy groups -OCH3 is 1. The van der Waals surface area contributed by atoms with Crippen LogP contribution in [0.2, 0.25) is 0 Å². The minimum absolute atomic E-state index is 0.0388. The number of ether oxygens (including phenoxy) is 1. The molecule has 6 nitrogen and oxygen atoms in total. The standard InChI is InChI=1S/C22H21N3O3S/c1-28-13-20(26)25-11-5-8-15-9-10-17(12-19(15)25)23-21(27)18-14-29-22(24-18)16-6-3-2-4-7-16/h2-4,6-7,9-10,12,14H,5,8,11,13H2,1H3,(H,23,27). The van der Waals surface area contributed by atoms with Crippen LogP contribution in [0.15, 0.2) is 53.9 Å². The molecule has 2 aromatic carbocycles. The number of hydrogen-bond donors (Lipinski definition) is 1. The molecule has 1 aliphatic heterocycles. The van der Waals surface area contributed by atoms with Crippen LogP contribution in [0, 0.1) is 0 Å². The Morgan fingerprint density at radius 1 is 1.21 bits per heavy atom. The highest BCUT2D eigenvalue weighted by atomic mass is 32.1. The lowest BCUT2D eigenvalue weighted by molar-refractivity contribution is -0.122. The van der Waals surface area contributed by atoms with Gasteiger partial charge in [-0.15, -0.1) is 11.3 Å². The lowest BCUT2D eigenvalue weighted by atomic mass is 10.0. The highest BCUT2D eigenvalue weighted by Crippen LogP contribution is 2.31.